The minimum absolute atomic E-state index is 0.00959. The van der Waals surface area contributed by atoms with Gasteiger partial charge in [-0.3, -0.25) is 14.9 Å². The molecule has 144 valence electrons. The molecular weight excluding hydrogens is 370 g/mol. The quantitative estimate of drug-likeness (QED) is 0.289. The van der Waals surface area contributed by atoms with E-state index < -0.39 is 16.9 Å². The van der Waals surface area contributed by atoms with Crippen LogP contribution >= 0.6 is 11.8 Å². The number of amides is 1. The molecule has 1 aromatic carbocycles. The van der Waals surface area contributed by atoms with Gasteiger partial charge in [0.25, 0.3) is 5.69 Å². The van der Waals surface area contributed by atoms with Crippen LogP contribution in [0, 0.1) is 10.1 Å². The van der Waals surface area contributed by atoms with Crippen molar-refractivity contribution in [3.05, 3.63) is 50.9 Å². The van der Waals surface area contributed by atoms with Crippen molar-refractivity contribution in [1.29, 1.82) is 0 Å². The van der Waals surface area contributed by atoms with Gasteiger partial charge in [-0.1, -0.05) is 0 Å². The van der Waals surface area contributed by atoms with Crippen molar-refractivity contribution in [1.82, 2.24) is 9.80 Å². The molecule has 0 radical (unpaired) electrons. The summed E-state index contributed by atoms with van der Waals surface area (Å²) in [6, 6.07) is 5.16. The number of carbonyl (C=O) groups excluding carboxylic acids is 2. The predicted octanol–water partition coefficient (Wildman–Crippen LogP) is 1.80. The summed E-state index contributed by atoms with van der Waals surface area (Å²) in [6.45, 7) is 0.876. The maximum Gasteiger partial charge on any atom is 0.334 e. The van der Waals surface area contributed by atoms with Crippen molar-refractivity contribution < 1.29 is 19.2 Å². The molecule has 1 saturated heterocycles. The second-order valence-electron chi connectivity index (χ2n) is 6.73. The van der Waals surface area contributed by atoms with Crippen LogP contribution in [0.5, 0.6) is 0 Å². The number of fused-ring (bicyclic) bond motifs is 1. The molecule has 1 fully saturated rings. The molecule has 0 N–H and O–H groups in total. The SMILES string of the molecule is CN(C)CCSC1=CC2CC(=O)N2[C@H]1C(=O)OCc1ccc([N+](=O)[O-])cc1. The molecule has 0 saturated carbocycles. The number of thioether (sulfide) groups is 1. The Morgan fingerprint density at radius 1 is 1.37 bits per heavy atom. The highest BCUT2D eigenvalue weighted by Gasteiger charge is 2.49. The van der Waals surface area contributed by atoms with E-state index in [1.54, 1.807) is 28.8 Å². The molecule has 2 heterocycles. The Balaban J connectivity index is 1.61. The van der Waals surface area contributed by atoms with Crippen LogP contribution in [-0.4, -0.2) is 65.1 Å². The number of nitro benzene ring substituents is 1. The van der Waals surface area contributed by atoms with Gasteiger partial charge in [-0.2, -0.15) is 0 Å². The van der Waals surface area contributed by atoms with Crippen LogP contribution in [0.4, 0.5) is 5.69 Å². The third-order valence-corrected chi connectivity index (χ3v) is 5.57. The zero-order valence-electron chi connectivity index (χ0n) is 15.2. The Labute approximate surface area is 161 Å². The fourth-order valence-corrected chi connectivity index (χ4v) is 4.31. The Morgan fingerprint density at radius 2 is 2.07 bits per heavy atom. The summed E-state index contributed by atoms with van der Waals surface area (Å²) in [5.41, 5.74) is 0.640. The zero-order valence-corrected chi connectivity index (χ0v) is 16.0. The Morgan fingerprint density at radius 3 is 2.67 bits per heavy atom. The van der Waals surface area contributed by atoms with Crippen molar-refractivity contribution in [2.24, 2.45) is 0 Å². The fourth-order valence-electron chi connectivity index (χ4n) is 3.00. The number of esters is 1. The Bertz CT molecular complexity index is 778. The molecule has 8 nitrogen and oxygen atoms in total. The molecule has 0 spiro atoms. The average Bonchev–Trinajstić information content (AvgIpc) is 2.92. The summed E-state index contributed by atoms with van der Waals surface area (Å²) in [5.74, 6) is 0.309. The van der Waals surface area contributed by atoms with Crippen molar-refractivity contribution in [3.8, 4) is 0 Å². The lowest BCUT2D eigenvalue weighted by Gasteiger charge is -2.38. The third-order valence-electron chi connectivity index (χ3n) is 4.49. The molecule has 27 heavy (non-hydrogen) atoms. The minimum atomic E-state index is -0.679. The number of hydrogen-bond donors (Lipinski definition) is 0. The molecule has 0 bridgehead atoms. The predicted molar refractivity (Wildman–Crippen MR) is 101 cm³/mol. The van der Waals surface area contributed by atoms with Crippen LogP contribution in [0.15, 0.2) is 35.2 Å². The second-order valence-corrected chi connectivity index (χ2v) is 7.90. The number of ether oxygens (including phenoxy) is 1. The lowest BCUT2D eigenvalue weighted by molar-refractivity contribution is -0.384. The van der Waals surface area contributed by atoms with E-state index in [0.717, 1.165) is 17.2 Å². The van der Waals surface area contributed by atoms with Gasteiger partial charge < -0.3 is 14.5 Å². The van der Waals surface area contributed by atoms with E-state index in [9.17, 15) is 19.7 Å². The molecule has 3 rings (SSSR count). The first-order valence-corrected chi connectivity index (χ1v) is 9.55. The summed E-state index contributed by atoms with van der Waals surface area (Å²) in [7, 11) is 3.96. The molecule has 1 amide bonds. The van der Waals surface area contributed by atoms with Gasteiger partial charge in [-0.25, -0.2) is 4.79 Å². The Kier molecular flexibility index (Phi) is 5.81. The number of rotatable bonds is 8. The van der Waals surface area contributed by atoms with E-state index in [1.807, 2.05) is 20.2 Å². The lowest BCUT2D eigenvalue weighted by Crippen LogP contribution is -2.55. The molecule has 2 aliphatic heterocycles. The van der Waals surface area contributed by atoms with Gasteiger partial charge in [0.05, 0.1) is 17.4 Å². The maximum absolute atomic E-state index is 12.6. The first-order chi connectivity index (χ1) is 12.9. The second kappa shape index (κ2) is 8.10. The Hall–Kier alpha value is -2.39. The normalized spacial score (nSPS) is 20.9. The van der Waals surface area contributed by atoms with E-state index in [0.29, 0.717) is 12.0 Å². The van der Waals surface area contributed by atoms with Crippen molar-refractivity contribution in [3.63, 3.8) is 0 Å². The molecular formula is C18H21N3O5S. The van der Waals surface area contributed by atoms with Gasteiger partial charge in [0, 0.05) is 29.3 Å². The molecule has 0 aliphatic carbocycles. The fraction of sp³-hybridized carbons (Fsp3) is 0.444. The van der Waals surface area contributed by atoms with E-state index in [-0.39, 0.29) is 24.2 Å². The van der Waals surface area contributed by atoms with E-state index in [1.165, 1.54) is 12.1 Å². The van der Waals surface area contributed by atoms with Crippen molar-refractivity contribution in [2.75, 3.05) is 26.4 Å². The summed E-state index contributed by atoms with van der Waals surface area (Å²) < 4.78 is 5.40. The van der Waals surface area contributed by atoms with E-state index >= 15 is 0 Å². The highest BCUT2D eigenvalue weighted by Crippen LogP contribution is 2.39. The van der Waals surface area contributed by atoms with Crippen molar-refractivity contribution >= 4 is 29.3 Å². The summed E-state index contributed by atoms with van der Waals surface area (Å²) >= 11 is 1.57. The minimum Gasteiger partial charge on any atom is -0.459 e. The first-order valence-electron chi connectivity index (χ1n) is 8.57. The molecule has 9 heteroatoms. The molecule has 1 unspecified atom stereocenters. The van der Waals surface area contributed by atoms with Gasteiger partial charge in [-0.05, 0) is 37.9 Å². The van der Waals surface area contributed by atoms with Gasteiger partial charge in [0.2, 0.25) is 5.91 Å². The van der Waals surface area contributed by atoms with Gasteiger partial charge in [0.1, 0.15) is 6.61 Å². The van der Waals surface area contributed by atoms with Crippen LogP contribution in [0.2, 0.25) is 0 Å². The molecule has 2 aliphatic rings. The van der Waals surface area contributed by atoms with Crippen LogP contribution in [0.25, 0.3) is 0 Å². The van der Waals surface area contributed by atoms with Crippen LogP contribution in [0.3, 0.4) is 0 Å². The average molecular weight is 391 g/mol. The van der Waals surface area contributed by atoms with E-state index in [4.69, 9.17) is 4.74 Å². The number of β-lactam (4-membered cyclic amide) rings is 1. The zero-order chi connectivity index (χ0) is 19.6. The smallest absolute Gasteiger partial charge is 0.334 e. The summed E-state index contributed by atoms with van der Waals surface area (Å²) in [4.78, 5) is 39.3. The number of nitrogens with zero attached hydrogens (tertiary/aromatic N) is 3. The number of benzene rings is 1. The number of carbonyl (C=O) groups is 2. The number of non-ortho nitro benzene ring substituents is 1. The van der Waals surface area contributed by atoms with Crippen LogP contribution < -0.4 is 0 Å². The van der Waals surface area contributed by atoms with Crippen molar-refractivity contribution in [2.45, 2.75) is 25.1 Å². The van der Waals surface area contributed by atoms with E-state index in [2.05, 4.69) is 4.90 Å². The third kappa shape index (κ3) is 4.30. The van der Waals surface area contributed by atoms with Crippen LogP contribution in [-0.2, 0) is 20.9 Å². The number of nitro groups is 1. The number of hydrogen-bond acceptors (Lipinski definition) is 7. The monoisotopic (exact) mass is 391 g/mol. The van der Waals surface area contributed by atoms with Gasteiger partial charge >= 0.3 is 5.97 Å². The lowest BCUT2D eigenvalue weighted by atomic mass is 10.0. The highest BCUT2D eigenvalue weighted by molar-refractivity contribution is 8.03. The molecule has 0 aromatic heterocycles. The standard InChI is InChI=1S/C18H21N3O5S/c1-19(2)7-8-27-15-9-14-10-16(22)20(14)17(15)18(23)26-11-12-3-5-13(6-4-12)21(24)25/h3-6,9,14,17H,7-8,10-11H2,1-2H3/t14?,17-/m1/s1. The molecule has 2 atom stereocenters. The largest absolute Gasteiger partial charge is 0.459 e. The summed E-state index contributed by atoms with van der Waals surface area (Å²) in [5, 5.41) is 10.7. The van der Waals surface area contributed by atoms with Gasteiger partial charge in [-0.15, -0.1) is 11.8 Å². The first kappa shape index (κ1) is 19.4. The topological polar surface area (TPSA) is 93.0 Å². The maximum atomic E-state index is 12.6. The highest BCUT2D eigenvalue weighted by atomic mass is 32.2. The summed E-state index contributed by atoms with van der Waals surface area (Å²) in [6.07, 6.45) is 2.42. The van der Waals surface area contributed by atoms with Crippen LogP contribution in [0.1, 0.15) is 12.0 Å². The van der Waals surface area contributed by atoms with Gasteiger partial charge in [0.15, 0.2) is 6.04 Å². The molecule has 1 aromatic rings.